The lowest BCUT2D eigenvalue weighted by Gasteiger charge is -2.24. The predicted molar refractivity (Wildman–Crippen MR) is 197 cm³/mol. The Labute approximate surface area is 287 Å². The van der Waals surface area contributed by atoms with E-state index in [1.165, 1.54) is 6.26 Å². The van der Waals surface area contributed by atoms with Crippen molar-refractivity contribution in [1.29, 1.82) is 0 Å². The number of aryl methyl sites for hydroxylation is 1. The SMILES string of the molecule is CCN(CCNS(C)(=O)=O)c1ccc(/N=C2/C(C(C)(C)C)=Nn3nc(-c4ccc(NCOc5ccc6ncccc6c5)cc4)nc32)c(C)c1. The van der Waals surface area contributed by atoms with Gasteiger partial charge in [-0.3, -0.25) is 4.98 Å². The average molecular weight is 680 g/mol. The molecule has 0 bridgehead atoms. The summed E-state index contributed by atoms with van der Waals surface area (Å²) in [6.45, 7) is 12.3. The Morgan fingerprint density at radius 1 is 1.02 bits per heavy atom. The van der Waals surface area contributed by atoms with Crippen LogP contribution < -0.4 is 19.7 Å². The molecule has 1 aliphatic rings. The summed E-state index contributed by atoms with van der Waals surface area (Å²) in [5, 5.41) is 13.9. The number of aromatic nitrogens is 4. The van der Waals surface area contributed by atoms with Gasteiger partial charge in [-0.1, -0.05) is 26.8 Å². The quantitative estimate of drug-likeness (QED) is 0.153. The van der Waals surface area contributed by atoms with Crippen molar-refractivity contribution in [2.45, 2.75) is 34.6 Å². The third kappa shape index (κ3) is 7.95. The summed E-state index contributed by atoms with van der Waals surface area (Å²) in [6.07, 6.45) is 2.95. The number of hydrogen-bond donors (Lipinski definition) is 2. The Morgan fingerprint density at radius 3 is 2.53 bits per heavy atom. The summed E-state index contributed by atoms with van der Waals surface area (Å²) in [5.41, 5.74) is 6.67. The van der Waals surface area contributed by atoms with Gasteiger partial charge in [-0.15, -0.1) is 9.89 Å². The normalized spacial score (nSPS) is 13.8. The van der Waals surface area contributed by atoms with E-state index in [2.05, 4.69) is 46.8 Å². The number of hydrogen-bond acceptors (Lipinski definition) is 10. The molecule has 0 aliphatic carbocycles. The summed E-state index contributed by atoms with van der Waals surface area (Å²) >= 11 is 0. The maximum absolute atomic E-state index is 11.5. The van der Waals surface area contributed by atoms with Gasteiger partial charge in [0.25, 0.3) is 0 Å². The van der Waals surface area contributed by atoms with Gasteiger partial charge >= 0.3 is 0 Å². The second kappa shape index (κ2) is 13.8. The van der Waals surface area contributed by atoms with Crippen molar-refractivity contribution in [3.05, 3.63) is 90.4 Å². The van der Waals surface area contributed by atoms with Crippen LogP contribution in [0.4, 0.5) is 17.1 Å². The van der Waals surface area contributed by atoms with E-state index in [-0.39, 0.29) is 5.41 Å². The van der Waals surface area contributed by atoms with Gasteiger partial charge in [0.05, 0.1) is 23.2 Å². The van der Waals surface area contributed by atoms with Gasteiger partial charge in [-0.2, -0.15) is 5.10 Å². The largest absolute Gasteiger partial charge is 0.473 e. The monoisotopic (exact) mass is 679 g/mol. The molecule has 2 aromatic heterocycles. The molecule has 0 radical (unpaired) electrons. The van der Waals surface area contributed by atoms with E-state index in [0.717, 1.165) is 57.1 Å². The number of likely N-dealkylation sites (N-methyl/N-ethyl adjacent to an activating group) is 1. The molecule has 49 heavy (non-hydrogen) atoms. The van der Waals surface area contributed by atoms with Crippen LogP contribution in [0.1, 0.15) is 39.1 Å². The minimum absolute atomic E-state index is 0.292. The van der Waals surface area contributed by atoms with Gasteiger partial charge in [-0.05, 0) is 86.1 Å². The highest BCUT2D eigenvalue weighted by atomic mass is 32.2. The number of nitrogens with zero attached hydrogens (tertiary/aromatic N) is 7. The fourth-order valence-electron chi connectivity index (χ4n) is 5.50. The first-order chi connectivity index (χ1) is 23.4. The number of ether oxygens (including phenoxy) is 1. The third-order valence-corrected chi connectivity index (χ3v) is 8.80. The number of rotatable bonds is 12. The molecule has 0 unspecified atom stereocenters. The Morgan fingerprint density at radius 2 is 1.82 bits per heavy atom. The minimum Gasteiger partial charge on any atom is -0.473 e. The summed E-state index contributed by atoms with van der Waals surface area (Å²) in [4.78, 5) is 18.0. The molecule has 0 spiro atoms. The molecule has 3 heterocycles. The van der Waals surface area contributed by atoms with E-state index in [1.807, 2.05) is 80.6 Å². The molecule has 0 atom stereocenters. The van der Waals surface area contributed by atoms with Crippen molar-refractivity contribution in [1.82, 2.24) is 24.6 Å². The lowest BCUT2D eigenvalue weighted by Crippen LogP contribution is -2.34. The maximum atomic E-state index is 11.5. The second-order valence-corrected chi connectivity index (χ2v) is 14.8. The summed E-state index contributed by atoms with van der Waals surface area (Å²) < 4.78 is 31.5. The van der Waals surface area contributed by atoms with E-state index in [4.69, 9.17) is 24.9 Å². The van der Waals surface area contributed by atoms with Gasteiger partial charge < -0.3 is 15.0 Å². The van der Waals surface area contributed by atoms with Crippen LogP contribution in [0.15, 0.2) is 89.1 Å². The number of fused-ring (bicyclic) bond motifs is 2. The van der Waals surface area contributed by atoms with Gasteiger partial charge in [0.15, 0.2) is 12.6 Å². The Bertz CT molecular complexity index is 2150. The lowest BCUT2D eigenvalue weighted by molar-refractivity contribution is 0.347. The molecular weight excluding hydrogens is 639 g/mol. The zero-order chi connectivity index (χ0) is 34.8. The molecule has 3 aromatic carbocycles. The van der Waals surface area contributed by atoms with E-state index in [0.29, 0.717) is 37.2 Å². The van der Waals surface area contributed by atoms with Gasteiger partial charge in [-0.25, -0.2) is 23.1 Å². The molecule has 6 rings (SSSR count). The van der Waals surface area contributed by atoms with Gasteiger partial charge in [0.2, 0.25) is 15.8 Å². The molecule has 0 saturated heterocycles. The van der Waals surface area contributed by atoms with Crippen molar-refractivity contribution in [3.63, 3.8) is 0 Å². The van der Waals surface area contributed by atoms with E-state index in [1.54, 1.807) is 11.0 Å². The molecule has 13 heteroatoms. The van der Waals surface area contributed by atoms with Crippen molar-refractivity contribution < 1.29 is 13.2 Å². The summed E-state index contributed by atoms with van der Waals surface area (Å²) in [6, 6.07) is 23.7. The fourth-order valence-corrected chi connectivity index (χ4v) is 5.96. The van der Waals surface area contributed by atoms with E-state index < -0.39 is 10.0 Å². The zero-order valence-electron chi connectivity index (χ0n) is 28.6. The van der Waals surface area contributed by atoms with Crippen molar-refractivity contribution >= 4 is 49.4 Å². The van der Waals surface area contributed by atoms with Crippen molar-refractivity contribution in [2.24, 2.45) is 15.5 Å². The summed E-state index contributed by atoms with van der Waals surface area (Å²) in [5.74, 6) is 1.91. The van der Waals surface area contributed by atoms with Crippen LogP contribution in [0, 0.1) is 12.3 Å². The topological polar surface area (TPSA) is 139 Å². The number of sulfonamides is 1. The van der Waals surface area contributed by atoms with Crippen LogP contribution in [0.3, 0.4) is 0 Å². The first kappa shape index (κ1) is 33.7. The van der Waals surface area contributed by atoms with Crippen LogP contribution in [0.5, 0.6) is 5.75 Å². The van der Waals surface area contributed by atoms with Gasteiger partial charge in [0, 0.05) is 53.6 Å². The van der Waals surface area contributed by atoms with Crippen LogP contribution >= 0.6 is 0 Å². The second-order valence-electron chi connectivity index (χ2n) is 12.9. The molecular formula is C36H41N9O3S. The van der Waals surface area contributed by atoms with Crippen LogP contribution in [0.2, 0.25) is 0 Å². The Kier molecular flexibility index (Phi) is 9.48. The summed E-state index contributed by atoms with van der Waals surface area (Å²) in [7, 11) is -3.24. The Hall–Kier alpha value is -5.14. The lowest BCUT2D eigenvalue weighted by atomic mass is 9.87. The van der Waals surface area contributed by atoms with Crippen LogP contribution in [-0.4, -0.2) is 72.3 Å². The van der Waals surface area contributed by atoms with Crippen molar-refractivity contribution in [3.8, 4) is 17.1 Å². The van der Waals surface area contributed by atoms with E-state index >= 15 is 0 Å². The predicted octanol–water partition coefficient (Wildman–Crippen LogP) is 6.01. The molecule has 0 amide bonds. The number of nitrogens with one attached hydrogen (secondary N) is 2. The highest BCUT2D eigenvalue weighted by Crippen LogP contribution is 2.31. The van der Waals surface area contributed by atoms with Crippen LogP contribution in [-0.2, 0) is 10.0 Å². The number of aliphatic imine (C=N–C) groups is 1. The van der Waals surface area contributed by atoms with Crippen molar-refractivity contribution in [2.75, 3.05) is 42.8 Å². The first-order valence-corrected chi connectivity index (χ1v) is 18.1. The van der Waals surface area contributed by atoms with Gasteiger partial charge in [0.1, 0.15) is 11.5 Å². The molecule has 0 fully saturated rings. The third-order valence-electron chi connectivity index (χ3n) is 8.07. The number of anilines is 2. The molecule has 254 valence electrons. The molecule has 12 nitrogen and oxygen atoms in total. The molecule has 2 N–H and O–H groups in total. The minimum atomic E-state index is -3.24. The molecule has 0 saturated carbocycles. The number of pyridine rings is 1. The smallest absolute Gasteiger partial charge is 0.208 e. The number of benzene rings is 3. The highest BCUT2D eigenvalue weighted by Gasteiger charge is 2.35. The standard InChI is InChI=1S/C36H41N9O3S/c1-7-44(20-19-39-49(6,46)47)28-14-16-30(24(2)21-28)40-32-33(36(3,4)5)42-45-35(32)41-34(43-45)25-10-12-27(13-11-25)38-23-48-29-15-17-31-26(22-29)9-8-18-37-31/h8-18,21-22,38-39H,7,19-20,23H2,1-6H3/b40-32-. The average Bonchev–Trinajstić information content (AvgIpc) is 3.63. The highest BCUT2D eigenvalue weighted by molar-refractivity contribution is 7.88. The molecule has 5 aromatic rings. The fraction of sp³-hybridized carbons (Fsp3) is 0.306. The first-order valence-electron chi connectivity index (χ1n) is 16.2. The zero-order valence-corrected chi connectivity index (χ0v) is 29.4. The Balaban J connectivity index is 1.17. The van der Waals surface area contributed by atoms with E-state index in [9.17, 15) is 8.42 Å². The molecule has 1 aliphatic heterocycles. The maximum Gasteiger partial charge on any atom is 0.208 e. The van der Waals surface area contributed by atoms with Crippen LogP contribution in [0.25, 0.3) is 22.3 Å².